The molecule has 1 N–H and O–H groups in total. The first kappa shape index (κ1) is 19.1. The maximum atomic E-state index is 13.2. The Hall–Kier alpha value is -3.22. The van der Waals surface area contributed by atoms with Gasteiger partial charge in [0.1, 0.15) is 5.82 Å². The number of imidazole rings is 1. The molecule has 0 saturated carbocycles. The Balaban J connectivity index is 1.59. The number of rotatable bonds is 5. The molecule has 1 fully saturated rings. The lowest BCUT2D eigenvalue weighted by molar-refractivity contribution is 0.0704. The molecule has 4 rings (SSSR count). The number of amides is 1. The highest BCUT2D eigenvalue weighted by Gasteiger charge is 2.28. The van der Waals surface area contributed by atoms with Gasteiger partial charge in [-0.15, -0.1) is 0 Å². The number of fused-ring (bicyclic) bond motifs is 1. The maximum Gasteiger partial charge on any atom is 0.254 e. The summed E-state index contributed by atoms with van der Waals surface area (Å²) in [6.07, 6.45) is 1.93. The summed E-state index contributed by atoms with van der Waals surface area (Å²) in [5.74, 6) is 2.49. The van der Waals surface area contributed by atoms with Gasteiger partial charge < -0.3 is 24.1 Å². The fourth-order valence-electron chi connectivity index (χ4n) is 3.94. The molecule has 0 aliphatic carbocycles. The molecule has 1 amide bonds. The molecule has 0 radical (unpaired) electrons. The van der Waals surface area contributed by atoms with Crippen LogP contribution in [0.4, 0.5) is 0 Å². The summed E-state index contributed by atoms with van der Waals surface area (Å²) in [4.78, 5) is 23.2. The molecule has 1 aromatic heterocycles. The number of benzene rings is 2. The number of nitrogens with one attached hydrogen (secondary N) is 1. The van der Waals surface area contributed by atoms with Crippen molar-refractivity contribution < 1.29 is 19.0 Å². The lowest BCUT2D eigenvalue weighted by Crippen LogP contribution is -2.39. The lowest BCUT2D eigenvalue weighted by Gasteiger charge is -2.32. The predicted octanol–water partition coefficient (Wildman–Crippen LogP) is 3.61. The molecule has 3 aromatic rings. The molecule has 0 spiro atoms. The maximum absolute atomic E-state index is 13.2. The summed E-state index contributed by atoms with van der Waals surface area (Å²) in [6.45, 7) is 1.33. The Morgan fingerprint density at radius 1 is 1.10 bits per heavy atom. The summed E-state index contributed by atoms with van der Waals surface area (Å²) >= 11 is 0. The largest absolute Gasteiger partial charge is 0.493 e. The quantitative estimate of drug-likeness (QED) is 0.714. The van der Waals surface area contributed by atoms with Gasteiger partial charge >= 0.3 is 0 Å². The fraction of sp³-hybridized carbons (Fsp3) is 0.364. The van der Waals surface area contributed by atoms with Crippen LogP contribution in [0.5, 0.6) is 17.2 Å². The Morgan fingerprint density at radius 3 is 2.48 bits per heavy atom. The number of hydrogen-bond donors (Lipinski definition) is 1. The van der Waals surface area contributed by atoms with E-state index in [1.165, 1.54) is 0 Å². The summed E-state index contributed by atoms with van der Waals surface area (Å²) in [5, 5.41) is 0. The number of aromatic amines is 1. The first-order valence-electron chi connectivity index (χ1n) is 9.68. The molecule has 2 heterocycles. The smallest absolute Gasteiger partial charge is 0.254 e. The van der Waals surface area contributed by atoms with Crippen LogP contribution in [0.25, 0.3) is 11.0 Å². The zero-order chi connectivity index (χ0) is 20.4. The minimum atomic E-state index is -0.0509. The van der Waals surface area contributed by atoms with E-state index in [-0.39, 0.29) is 11.8 Å². The van der Waals surface area contributed by atoms with Crippen LogP contribution in [-0.2, 0) is 0 Å². The molecule has 7 heteroatoms. The molecule has 0 bridgehead atoms. The molecular formula is C22H25N3O4. The average Bonchev–Trinajstić information content (AvgIpc) is 3.22. The van der Waals surface area contributed by atoms with Crippen LogP contribution in [0.3, 0.4) is 0 Å². The molecule has 0 unspecified atom stereocenters. The van der Waals surface area contributed by atoms with Crippen LogP contribution >= 0.6 is 0 Å². The number of aromatic nitrogens is 2. The molecule has 1 aliphatic rings. The van der Waals surface area contributed by atoms with Gasteiger partial charge in [0.2, 0.25) is 5.75 Å². The van der Waals surface area contributed by atoms with Crippen LogP contribution in [-0.4, -0.2) is 55.2 Å². The van der Waals surface area contributed by atoms with E-state index in [1.807, 2.05) is 29.2 Å². The SMILES string of the molecule is COc1cc(C(=O)N2CCC[C@H](c3nc4ccccc4[nH]3)C2)cc(OC)c1OC. The summed E-state index contributed by atoms with van der Waals surface area (Å²) < 4.78 is 16.1. The molecule has 29 heavy (non-hydrogen) atoms. The minimum Gasteiger partial charge on any atom is -0.493 e. The monoisotopic (exact) mass is 395 g/mol. The molecule has 152 valence electrons. The van der Waals surface area contributed by atoms with E-state index < -0.39 is 0 Å². The van der Waals surface area contributed by atoms with Gasteiger partial charge in [-0.25, -0.2) is 4.98 Å². The molecular weight excluding hydrogens is 370 g/mol. The molecule has 1 atom stereocenters. The van der Waals surface area contributed by atoms with Gasteiger partial charge in [-0.05, 0) is 37.1 Å². The Labute approximate surface area is 169 Å². The van der Waals surface area contributed by atoms with Crippen LogP contribution in [0, 0.1) is 0 Å². The van der Waals surface area contributed by atoms with Crippen molar-refractivity contribution in [2.45, 2.75) is 18.8 Å². The van der Waals surface area contributed by atoms with Crippen LogP contribution in [0.15, 0.2) is 36.4 Å². The number of piperidine rings is 1. The Kier molecular flexibility index (Phi) is 5.29. The second-order valence-corrected chi connectivity index (χ2v) is 7.14. The minimum absolute atomic E-state index is 0.0509. The van der Waals surface area contributed by atoms with E-state index in [9.17, 15) is 4.79 Å². The van der Waals surface area contributed by atoms with Crippen molar-refractivity contribution in [3.63, 3.8) is 0 Å². The number of carbonyl (C=O) groups excluding carboxylic acids is 1. The van der Waals surface area contributed by atoms with E-state index in [2.05, 4.69) is 4.98 Å². The molecule has 7 nitrogen and oxygen atoms in total. The van der Waals surface area contributed by atoms with Gasteiger partial charge in [0, 0.05) is 24.6 Å². The third-order valence-electron chi connectivity index (χ3n) is 5.41. The van der Waals surface area contributed by atoms with E-state index in [0.29, 0.717) is 35.9 Å². The van der Waals surface area contributed by atoms with E-state index >= 15 is 0 Å². The Bertz CT molecular complexity index is 972. The van der Waals surface area contributed by atoms with Gasteiger partial charge in [0.15, 0.2) is 11.5 Å². The van der Waals surface area contributed by atoms with Gasteiger partial charge in [0.25, 0.3) is 5.91 Å². The topological polar surface area (TPSA) is 76.7 Å². The van der Waals surface area contributed by atoms with Crippen LogP contribution < -0.4 is 14.2 Å². The molecule has 2 aromatic carbocycles. The number of para-hydroxylation sites is 2. The van der Waals surface area contributed by atoms with Crippen molar-refractivity contribution in [2.24, 2.45) is 0 Å². The number of ether oxygens (including phenoxy) is 3. The summed E-state index contributed by atoms with van der Waals surface area (Å²) in [5.41, 5.74) is 2.50. The number of methoxy groups -OCH3 is 3. The average molecular weight is 395 g/mol. The number of likely N-dealkylation sites (tertiary alicyclic amines) is 1. The van der Waals surface area contributed by atoms with E-state index in [0.717, 1.165) is 29.7 Å². The lowest BCUT2D eigenvalue weighted by atomic mass is 9.96. The standard InChI is InChI=1S/C22H25N3O4/c1-27-18-11-15(12-19(28-2)20(18)29-3)22(26)25-10-6-7-14(13-25)21-23-16-8-4-5-9-17(16)24-21/h4-5,8-9,11-12,14H,6-7,10,13H2,1-3H3,(H,23,24)/t14-/m0/s1. The summed E-state index contributed by atoms with van der Waals surface area (Å²) in [6, 6.07) is 11.4. The van der Waals surface area contributed by atoms with Gasteiger partial charge in [-0.1, -0.05) is 12.1 Å². The highest BCUT2D eigenvalue weighted by Crippen LogP contribution is 2.39. The normalized spacial score (nSPS) is 16.7. The van der Waals surface area contributed by atoms with E-state index in [4.69, 9.17) is 19.2 Å². The van der Waals surface area contributed by atoms with Crippen molar-refractivity contribution in [3.05, 3.63) is 47.8 Å². The predicted molar refractivity (Wildman–Crippen MR) is 110 cm³/mol. The van der Waals surface area contributed by atoms with Gasteiger partial charge in [-0.2, -0.15) is 0 Å². The van der Waals surface area contributed by atoms with Crippen molar-refractivity contribution in [3.8, 4) is 17.2 Å². The zero-order valence-electron chi connectivity index (χ0n) is 16.9. The third kappa shape index (κ3) is 3.60. The van der Waals surface area contributed by atoms with Crippen molar-refractivity contribution in [2.75, 3.05) is 34.4 Å². The van der Waals surface area contributed by atoms with Crippen molar-refractivity contribution in [1.29, 1.82) is 0 Å². The molecule has 1 aliphatic heterocycles. The van der Waals surface area contributed by atoms with Crippen molar-refractivity contribution >= 4 is 16.9 Å². The number of hydrogen-bond acceptors (Lipinski definition) is 5. The highest BCUT2D eigenvalue weighted by molar-refractivity contribution is 5.95. The zero-order valence-corrected chi connectivity index (χ0v) is 16.9. The van der Waals surface area contributed by atoms with Gasteiger partial charge in [0.05, 0.1) is 32.4 Å². The Morgan fingerprint density at radius 2 is 1.83 bits per heavy atom. The van der Waals surface area contributed by atoms with Crippen molar-refractivity contribution in [1.82, 2.24) is 14.9 Å². The number of nitrogens with zero attached hydrogens (tertiary/aromatic N) is 2. The second kappa shape index (κ2) is 8.03. The fourth-order valence-corrected chi connectivity index (χ4v) is 3.94. The van der Waals surface area contributed by atoms with Gasteiger partial charge in [-0.3, -0.25) is 4.79 Å². The highest BCUT2D eigenvalue weighted by atomic mass is 16.5. The van der Waals surface area contributed by atoms with Crippen LogP contribution in [0.2, 0.25) is 0 Å². The molecule has 1 saturated heterocycles. The summed E-state index contributed by atoms with van der Waals surface area (Å²) in [7, 11) is 4.64. The third-order valence-corrected chi connectivity index (χ3v) is 5.41. The first-order valence-corrected chi connectivity index (χ1v) is 9.68. The second-order valence-electron chi connectivity index (χ2n) is 7.14. The number of carbonyl (C=O) groups is 1. The first-order chi connectivity index (χ1) is 14.1. The van der Waals surface area contributed by atoms with E-state index in [1.54, 1.807) is 33.5 Å². The van der Waals surface area contributed by atoms with Crippen LogP contribution in [0.1, 0.15) is 34.9 Å². The number of H-pyrrole nitrogens is 1.